The second kappa shape index (κ2) is 7.55. The fourth-order valence-electron chi connectivity index (χ4n) is 2.99. The normalized spacial score (nSPS) is 18.6. The number of sulfonamides is 1. The second-order valence-electron chi connectivity index (χ2n) is 6.45. The van der Waals surface area contributed by atoms with Gasteiger partial charge in [0.15, 0.2) is 5.03 Å². The van der Waals surface area contributed by atoms with E-state index in [1.165, 1.54) is 16.8 Å². The topological polar surface area (TPSA) is 97.2 Å². The predicted molar refractivity (Wildman–Crippen MR) is 97.0 cm³/mol. The summed E-state index contributed by atoms with van der Waals surface area (Å²) in [5, 5.41) is 2.81. The number of aryl methyl sites for hydroxylation is 2. The summed E-state index contributed by atoms with van der Waals surface area (Å²) in [5.74, 6) is -0.132. The number of nitrogens with zero attached hydrogens (tertiary/aromatic N) is 4. The summed E-state index contributed by atoms with van der Waals surface area (Å²) in [7, 11) is -3.69. The van der Waals surface area contributed by atoms with E-state index in [2.05, 4.69) is 15.3 Å². The van der Waals surface area contributed by atoms with Crippen LogP contribution in [0.3, 0.4) is 0 Å². The molecule has 1 aliphatic rings. The molecule has 9 heteroatoms. The maximum atomic E-state index is 12.8. The molecule has 0 unspecified atom stereocenters. The Balaban J connectivity index is 1.71. The zero-order valence-electron chi connectivity index (χ0n) is 14.9. The Labute approximate surface area is 153 Å². The van der Waals surface area contributed by atoms with Gasteiger partial charge in [0, 0.05) is 32.0 Å². The van der Waals surface area contributed by atoms with E-state index in [4.69, 9.17) is 0 Å². The van der Waals surface area contributed by atoms with E-state index in [1.807, 2.05) is 19.9 Å². The zero-order chi connectivity index (χ0) is 18.7. The van der Waals surface area contributed by atoms with Gasteiger partial charge < -0.3 is 9.88 Å². The number of imidazole rings is 1. The lowest BCUT2D eigenvalue weighted by molar-refractivity contribution is -0.120. The Kier molecular flexibility index (Phi) is 5.38. The van der Waals surface area contributed by atoms with Gasteiger partial charge in [-0.1, -0.05) is 0 Å². The van der Waals surface area contributed by atoms with Crippen molar-refractivity contribution >= 4 is 21.7 Å². The molecule has 1 atom stereocenters. The molecule has 2 aromatic heterocycles. The van der Waals surface area contributed by atoms with Crippen LogP contribution in [-0.2, 0) is 21.4 Å². The molecule has 1 fully saturated rings. The highest BCUT2D eigenvalue weighted by molar-refractivity contribution is 7.89. The number of anilines is 1. The van der Waals surface area contributed by atoms with Crippen LogP contribution in [0.2, 0.25) is 0 Å². The highest BCUT2D eigenvalue weighted by atomic mass is 32.2. The van der Waals surface area contributed by atoms with Gasteiger partial charge in [-0.15, -0.1) is 0 Å². The standard InChI is InChI=1S/C17H23N5O3S/c1-3-21-11-16(19-12-21)26(24,25)22-8-4-5-14(10-22)17(23)20-15-9-13(2)6-7-18-15/h6-7,9,11-12,14H,3-5,8,10H2,1-2H3,(H,18,20,23)/t14-/m1/s1. The first-order chi connectivity index (χ1) is 12.4. The number of piperidine rings is 1. The van der Waals surface area contributed by atoms with E-state index in [1.54, 1.807) is 16.8 Å². The quantitative estimate of drug-likeness (QED) is 0.854. The molecule has 1 N–H and O–H groups in total. The molecule has 3 heterocycles. The molecule has 0 aromatic carbocycles. The minimum atomic E-state index is -3.69. The third-order valence-electron chi connectivity index (χ3n) is 4.50. The Morgan fingerprint density at radius 1 is 1.38 bits per heavy atom. The van der Waals surface area contributed by atoms with Crippen molar-refractivity contribution in [2.24, 2.45) is 5.92 Å². The van der Waals surface area contributed by atoms with Gasteiger partial charge in [-0.05, 0) is 44.4 Å². The SMILES string of the molecule is CCn1cnc(S(=O)(=O)N2CCC[C@@H](C(=O)Nc3cc(C)ccn3)C2)c1. The van der Waals surface area contributed by atoms with E-state index in [9.17, 15) is 13.2 Å². The van der Waals surface area contributed by atoms with Crippen molar-refractivity contribution in [2.75, 3.05) is 18.4 Å². The maximum absolute atomic E-state index is 12.8. The van der Waals surface area contributed by atoms with Crippen LogP contribution in [0.15, 0.2) is 35.9 Å². The summed E-state index contributed by atoms with van der Waals surface area (Å²) in [4.78, 5) is 20.7. The average Bonchev–Trinajstić information content (AvgIpc) is 3.12. The van der Waals surface area contributed by atoms with Crippen molar-refractivity contribution in [2.45, 2.75) is 38.3 Å². The summed E-state index contributed by atoms with van der Waals surface area (Å²) in [6.07, 6.45) is 5.94. The highest BCUT2D eigenvalue weighted by Crippen LogP contribution is 2.24. The summed E-state index contributed by atoms with van der Waals surface area (Å²) in [5.41, 5.74) is 0.995. The number of rotatable bonds is 5. The smallest absolute Gasteiger partial charge is 0.262 e. The molecule has 1 aliphatic heterocycles. The van der Waals surface area contributed by atoms with Crippen molar-refractivity contribution in [3.05, 3.63) is 36.4 Å². The number of nitrogens with one attached hydrogen (secondary N) is 1. The lowest BCUT2D eigenvalue weighted by Crippen LogP contribution is -2.43. The molecule has 0 aliphatic carbocycles. The number of carbonyl (C=O) groups excluding carboxylic acids is 1. The van der Waals surface area contributed by atoms with Crippen LogP contribution < -0.4 is 5.32 Å². The van der Waals surface area contributed by atoms with Crippen LogP contribution in [-0.4, -0.2) is 46.3 Å². The molecule has 0 saturated carbocycles. The number of amides is 1. The number of aromatic nitrogens is 3. The Hall–Kier alpha value is -2.26. The second-order valence-corrected chi connectivity index (χ2v) is 8.34. The Bertz CT molecular complexity index is 893. The van der Waals surface area contributed by atoms with Crippen LogP contribution in [0.5, 0.6) is 0 Å². The van der Waals surface area contributed by atoms with E-state index < -0.39 is 15.9 Å². The lowest BCUT2D eigenvalue weighted by Gasteiger charge is -2.30. The molecule has 140 valence electrons. The summed E-state index contributed by atoms with van der Waals surface area (Å²) in [6.45, 7) is 5.03. The first-order valence-corrected chi connectivity index (χ1v) is 10.1. The van der Waals surface area contributed by atoms with Crippen LogP contribution >= 0.6 is 0 Å². The predicted octanol–water partition coefficient (Wildman–Crippen LogP) is 1.65. The van der Waals surface area contributed by atoms with Crippen molar-refractivity contribution < 1.29 is 13.2 Å². The summed E-state index contributed by atoms with van der Waals surface area (Å²) < 4.78 is 28.7. The molecule has 0 bridgehead atoms. The third kappa shape index (κ3) is 3.94. The average molecular weight is 377 g/mol. The third-order valence-corrected chi connectivity index (χ3v) is 6.25. The first-order valence-electron chi connectivity index (χ1n) is 8.65. The van der Waals surface area contributed by atoms with Gasteiger partial charge in [0.25, 0.3) is 10.0 Å². The fourth-order valence-corrected chi connectivity index (χ4v) is 4.44. The summed E-state index contributed by atoms with van der Waals surface area (Å²) in [6, 6.07) is 3.63. The first kappa shape index (κ1) is 18.5. The van der Waals surface area contributed by atoms with E-state index in [0.717, 1.165) is 5.56 Å². The number of hydrogen-bond donors (Lipinski definition) is 1. The molecule has 0 spiro atoms. The highest BCUT2D eigenvalue weighted by Gasteiger charge is 2.34. The molecule has 8 nitrogen and oxygen atoms in total. The number of carbonyl (C=O) groups is 1. The molecule has 1 amide bonds. The van der Waals surface area contributed by atoms with Gasteiger partial charge in [0.05, 0.1) is 12.2 Å². The Morgan fingerprint density at radius 2 is 2.19 bits per heavy atom. The van der Waals surface area contributed by atoms with Gasteiger partial charge in [-0.2, -0.15) is 4.31 Å². The maximum Gasteiger partial charge on any atom is 0.262 e. The van der Waals surface area contributed by atoms with Gasteiger partial charge in [0.2, 0.25) is 5.91 Å². The van der Waals surface area contributed by atoms with Crippen LogP contribution in [0.4, 0.5) is 5.82 Å². The monoisotopic (exact) mass is 377 g/mol. The van der Waals surface area contributed by atoms with Crippen molar-refractivity contribution in [1.82, 2.24) is 18.8 Å². The molecule has 1 saturated heterocycles. The fraction of sp³-hybridized carbons (Fsp3) is 0.471. The molecule has 0 radical (unpaired) electrons. The van der Waals surface area contributed by atoms with Crippen molar-refractivity contribution in [3.63, 3.8) is 0 Å². The minimum absolute atomic E-state index is 0.0285. The van der Waals surface area contributed by atoms with Gasteiger partial charge in [-0.25, -0.2) is 18.4 Å². The number of hydrogen-bond acceptors (Lipinski definition) is 5. The minimum Gasteiger partial charge on any atom is -0.336 e. The lowest BCUT2D eigenvalue weighted by atomic mass is 9.99. The van der Waals surface area contributed by atoms with Crippen LogP contribution in [0.25, 0.3) is 0 Å². The van der Waals surface area contributed by atoms with Crippen molar-refractivity contribution in [3.8, 4) is 0 Å². The molecular weight excluding hydrogens is 354 g/mol. The van der Waals surface area contributed by atoms with Gasteiger partial charge in [0.1, 0.15) is 5.82 Å². The largest absolute Gasteiger partial charge is 0.336 e. The van der Waals surface area contributed by atoms with E-state index in [0.29, 0.717) is 31.7 Å². The van der Waals surface area contributed by atoms with Crippen LogP contribution in [0, 0.1) is 12.8 Å². The molecule has 3 rings (SSSR count). The number of pyridine rings is 1. The van der Waals surface area contributed by atoms with E-state index >= 15 is 0 Å². The van der Waals surface area contributed by atoms with Crippen molar-refractivity contribution in [1.29, 1.82) is 0 Å². The van der Waals surface area contributed by atoms with Gasteiger partial charge >= 0.3 is 0 Å². The molecule has 26 heavy (non-hydrogen) atoms. The Morgan fingerprint density at radius 3 is 2.88 bits per heavy atom. The summed E-state index contributed by atoms with van der Waals surface area (Å²) >= 11 is 0. The van der Waals surface area contributed by atoms with Crippen LogP contribution in [0.1, 0.15) is 25.3 Å². The van der Waals surface area contributed by atoms with E-state index in [-0.39, 0.29) is 17.5 Å². The molecular formula is C17H23N5O3S. The molecule has 2 aromatic rings. The van der Waals surface area contributed by atoms with Gasteiger partial charge in [-0.3, -0.25) is 4.79 Å². The zero-order valence-corrected chi connectivity index (χ0v) is 15.7.